The van der Waals surface area contributed by atoms with Crippen LogP contribution in [-0.4, -0.2) is 85.9 Å². The van der Waals surface area contributed by atoms with E-state index >= 15 is 0 Å². The Kier molecular flexibility index (Phi) is 6.06. The number of nitrogens with one attached hydrogen (secondary N) is 1. The van der Waals surface area contributed by atoms with Crippen LogP contribution in [0.1, 0.15) is 27.1 Å². The summed E-state index contributed by atoms with van der Waals surface area (Å²) < 4.78 is 25.1. The molecule has 2 heterocycles. The summed E-state index contributed by atoms with van der Waals surface area (Å²) in [6.07, 6.45) is 1.59. The van der Waals surface area contributed by atoms with E-state index in [0.717, 1.165) is 10.7 Å². The van der Waals surface area contributed by atoms with Crippen LogP contribution in [-0.2, 0) is 10.0 Å². The molecule has 0 aromatic heterocycles. The quantitative estimate of drug-likeness (QED) is 0.501. The van der Waals surface area contributed by atoms with Gasteiger partial charge in [-0.15, -0.1) is 0 Å². The Morgan fingerprint density at radius 1 is 1.11 bits per heavy atom. The van der Waals surface area contributed by atoms with Crippen molar-refractivity contribution in [3.05, 3.63) is 33.8 Å². The van der Waals surface area contributed by atoms with Gasteiger partial charge in [0.25, 0.3) is 11.8 Å². The molecule has 1 saturated heterocycles. The van der Waals surface area contributed by atoms with E-state index in [9.17, 15) is 22.8 Å². The number of fused-ring (bicyclic) bond motifs is 1. The molecule has 1 aromatic rings. The number of carbonyl (C=O) groups excluding carboxylic acids is 3. The zero-order chi connectivity index (χ0) is 20.5. The molecule has 2 aliphatic heterocycles. The molecule has 2 aliphatic rings. The predicted octanol–water partition coefficient (Wildman–Crippen LogP) is 0.722. The van der Waals surface area contributed by atoms with Gasteiger partial charge < -0.3 is 10.2 Å². The van der Waals surface area contributed by atoms with Crippen LogP contribution in [0.3, 0.4) is 0 Å². The highest BCUT2D eigenvalue weighted by Gasteiger charge is 2.35. The number of carbonyl (C=O) groups is 3. The Bertz CT molecular complexity index is 912. The van der Waals surface area contributed by atoms with E-state index in [1.807, 2.05) is 0 Å². The van der Waals surface area contributed by atoms with E-state index in [1.165, 1.54) is 9.21 Å². The van der Waals surface area contributed by atoms with Crippen molar-refractivity contribution < 1.29 is 22.8 Å². The van der Waals surface area contributed by atoms with E-state index in [0.29, 0.717) is 37.2 Å². The summed E-state index contributed by atoms with van der Waals surface area (Å²) >= 11 is 3.29. The van der Waals surface area contributed by atoms with Crippen LogP contribution < -0.4 is 5.32 Å². The molecule has 0 spiro atoms. The minimum Gasteiger partial charge on any atom is -0.338 e. The molecular formula is C17H21BrN4O5S. The lowest BCUT2D eigenvalue weighted by molar-refractivity contribution is 0.0653. The molecule has 0 bridgehead atoms. The molecule has 28 heavy (non-hydrogen) atoms. The van der Waals surface area contributed by atoms with Gasteiger partial charge in [-0.1, -0.05) is 15.9 Å². The molecule has 0 unspecified atom stereocenters. The highest BCUT2D eigenvalue weighted by Crippen LogP contribution is 2.26. The Labute approximate surface area is 171 Å². The number of amides is 4. The molecule has 152 valence electrons. The Hall–Kier alpha value is -1.98. The molecule has 1 aromatic carbocycles. The summed E-state index contributed by atoms with van der Waals surface area (Å²) in [5.41, 5.74) is 0.771. The largest absolute Gasteiger partial charge is 0.338 e. The fraction of sp³-hybridized carbons (Fsp3) is 0.471. The molecule has 11 heteroatoms. The number of hydrogen-bond donors (Lipinski definition) is 1. The first kappa shape index (κ1) is 20.7. The predicted molar refractivity (Wildman–Crippen MR) is 106 cm³/mol. The zero-order valence-electron chi connectivity index (χ0n) is 15.4. The van der Waals surface area contributed by atoms with Gasteiger partial charge in [0.2, 0.25) is 10.0 Å². The van der Waals surface area contributed by atoms with Crippen LogP contribution >= 0.6 is 15.9 Å². The van der Waals surface area contributed by atoms with Crippen LogP contribution in [0.15, 0.2) is 22.7 Å². The van der Waals surface area contributed by atoms with Gasteiger partial charge in [0.1, 0.15) is 0 Å². The molecule has 3 rings (SSSR count). The number of urea groups is 1. The molecule has 0 aliphatic carbocycles. The zero-order valence-corrected chi connectivity index (χ0v) is 17.8. The minimum atomic E-state index is -3.24. The SMILES string of the molecule is CS(=O)(=O)N1CCN(C(=O)NCCCN2C(=O)c3ccc(Br)cc3C2=O)CC1. The summed E-state index contributed by atoms with van der Waals surface area (Å²) in [7, 11) is -3.24. The molecule has 1 fully saturated rings. The highest BCUT2D eigenvalue weighted by atomic mass is 79.9. The van der Waals surface area contributed by atoms with Gasteiger partial charge in [-0.2, -0.15) is 4.31 Å². The maximum Gasteiger partial charge on any atom is 0.317 e. The Morgan fingerprint density at radius 3 is 2.39 bits per heavy atom. The summed E-state index contributed by atoms with van der Waals surface area (Å²) in [6, 6.07) is 4.70. The second kappa shape index (κ2) is 8.18. The number of nitrogens with zero attached hydrogens (tertiary/aromatic N) is 3. The number of imide groups is 1. The minimum absolute atomic E-state index is 0.214. The molecular weight excluding hydrogens is 452 g/mol. The molecule has 9 nitrogen and oxygen atoms in total. The highest BCUT2D eigenvalue weighted by molar-refractivity contribution is 9.10. The smallest absolute Gasteiger partial charge is 0.317 e. The Morgan fingerprint density at radius 2 is 1.75 bits per heavy atom. The van der Waals surface area contributed by atoms with E-state index < -0.39 is 10.0 Å². The molecule has 0 saturated carbocycles. The van der Waals surface area contributed by atoms with Gasteiger partial charge >= 0.3 is 6.03 Å². The van der Waals surface area contributed by atoms with Gasteiger partial charge in [0, 0.05) is 43.7 Å². The number of rotatable bonds is 5. The van der Waals surface area contributed by atoms with Crippen LogP contribution in [0.5, 0.6) is 0 Å². The molecule has 4 amide bonds. The monoisotopic (exact) mass is 472 g/mol. The van der Waals surface area contributed by atoms with Crippen LogP contribution in [0.2, 0.25) is 0 Å². The van der Waals surface area contributed by atoms with Crippen molar-refractivity contribution >= 4 is 43.8 Å². The number of piperazine rings is 1. The number of sulfonamides is 1. The third kappa shape index (κ3) is 4.36. The maximum absolute atomic E-state index is 12.4. The van der Waals surface area contributed by atoms with E-state index in [4.69, 9.17) is 0 Å². The standard InChI is InChI=1S/C17H21BrN4O5S/c1-28(26,27)21-9-7-20(8-10-21)17(25)19-5-2-6-22-15(23)13-4-3-12(18)11-14(13)16(22)24/h3-4,11H,2,5-10H2,1H3,(H,19,25). The summed E-state index contributed by atoms with van der Waals surface area (Å²) in [5, 5.41) is 2.75. The van der Waals surface area contributed by atoms with Crippen molar-refractivity contribution in [1.29, 1.82) is 0 Å². The van der Waals surface area contributed by atoms with E-state index in [2.05, 4.69) is 21.2 Å². The van der Waals surface area contributed by atoms with Crippen molar-refractivity contribution in [2.24, 2.45) is 0 Å². The Balaban J connectivity index is 1.44. The average molecular weight is 473 g/mol. The molecule has 0 atom stereocenters. The molecule has 1 N–H and O–H groups in total. The third-order valence-corrected chi connectivity index (χ3v) is 6.56. The fourth-order valence-electron chi connectivity index (χ4n) is 3.23. The topological polar surface area (TPSA) is 107 Å². The van der Waals surface area contributed by atoms with Crippen molar-refractivity contribution in [2.45, 2.75) is 6.42 Å². The summed E-state index contributed by atoms with van der Waals surface area (Å²) in [4.78, 5) is 39.7. The summed E-state index contributed by atoms with van der Waals surface area (Å²) in [5.74, 6) is -0.653. The van der Waals surface area contributed by atoms with Gasteiger partial charge in [-0.25, -0.2) is 13.2 Å². The van der Waals surface area contributed by atoms with Gasteiger partial charge in [0.05, 0.1) is 17.4 Å². The van der Waals surface area contributed by atoms with Crippen molar-refractivity contribution in [3.63, 3.8) is 0 Å². The molecule has 0 radical (unpaired) electrons. The number of halogens is 1. The van der Waals surface area contributed by atoms with Crippen molar-refractivity contribution in [2.75, 3.05) is 45.5 Å². The van der Waals surface area contributed by atoms with Gasteiger partial charge in [-0.3, -0.25) is 14.5 Å². The number of benzene rings is 1. The maximum atomic E-state index is 12.4. The van der Waals surface area contributed by atoms with Crippen LogP contribution in [0, 0.1) is 0 Å². The van der Waals surface area contributed by atoms with Gasteiger partial charge in [-0.05, 0) is 24.6 Å². The second-order valence-corrected chi connectivity index (χ2v) is 9.58. The van der Waals surface area contributed by atoms with E-state index in [1.54, 1.807) is 23.1 Å². The third-order valence-electron chi connectivity index (χ3n) is 4.76. The first-order valence-corrected chi connectivity index (χ1v) is 11.5. The van der Waals surface area contributed by atoms with Crippen molar-refractivity contribution in [3.8, 4) is 0 Å². The first-order chi connectivity index (χ1) is 13.2. The summed E-state index contributed by atoms with van der Waals surface area (Å²) in [6.45, 7) is 1.72. The number of hydrogen-bond acceptors (Lipinski definition) is 5. The lowest BCUT2D eigenvalue weighted by Crippen LogP contribution is -2.53. The lowest BCUT2D eigenvalue weighted by atomic mass is 10.1. The fourth-order valence-corrected chi connectivity index (χ4v) is 4.42. The van der Waals surface area contributed by atoms with Crippen LogP contribution in [0.25, 0.3) is 0 Å². The van der Waals surface area contributed by atoms with Crippen LogP contribution in [0.4, 0.5) is 4.79 Å². The average Bonchev–Trinajstić information content (AvgIpc) is 2.88. The lowest BCUT2D eigenvalue weighted by Gasteiger charge is -2.33. The normalized spacial score (nSPS) is 17.8. The second-order valence-electron chi connectivity index (χ2n) is 6.69. The van der Waals surface area contributed by atoms with E-state index in [-0.39, 0.29) is 37.5 Å². The first-order valence-electron chi connectivity index (χ1n) is 8.82. The van der Waals surface area contributed by atoms with Crippen molar-refractivity contribution in [1.82, 2.24) is 19.4 Å². The van der Waals surface area contributed by atoms with Gasteiger partial charge in [0.15, 0.2) is 0 Å².